The SMILES string of the molecule is C=CC(=O)N1CCCC(n2nc(-c3ccc(Oc4ccccc4N[S+](C)[O-])cc3F)c3c(N)ncnc32)C1. The molecule has 2 aromatic heterocycles. The highest BCUT2D eigenvalue weighted by Crippen LogP contribution is 2.37. The van der Waals surface area contributed by atoms with Crippen molar-refractivity contribution in [2.75, 3.05) is 29.8 Å². The van der Waals surface area contributed by atoms with Gasteiger partial charge in [0.05, 0.1) is 22.8 Å². The van der Waals surface area contributed by atoms with Crippen LogP contribution in [0.1, 0.15) is 18.9 Å². The number of para-hydroxylation sites is 2. The van der Waals surface area contributed by atoms with Crippen LogP contribution in [0.15, 0.2) is 61.4 Å². The van der Waals surface area contributed by atoms with Gasteiger partial charge in [-0.15, -0.1) is 0 Å². The number of carbonyl (C=O) groups is 1. The number of nitrogen functional groups attached to an aromatic ring is 1. The quantitative estimate of drug-likeness (QED) is 0.267. The first-order chi connectivity index (χ1) is 18.4. The van der Waals surface area contributed by atoms with Gasteiger partial charge in [-0.05, 0) is 43.2 Å². The highest BCUT2D eigenvalue weighted by Gasteiger charge is 2.28. The molecule has 0 radical (unpaired) electrons. The molecular weight excluding hydrogens is 509 g/mol. The van der Waals surface area contributed by atoms with Crippen LogP contribution in [0, 0.1) is 5.82 Å². The number of aromatic nitrogens is 4. The molecule has 2 aromatic carbocycles. The van der Waals surface area contributed by atoms with Crippen LogP contribution in [0.2, 0.25) is 0 Å². The average molecular weight is 536 g/mol. The Balaban J connectivity index is 1.51. The van der Waals surface area contributed by atoms with E-state index < -0.39 is 17.2 Å². The van der Waals surface area contributed by atoms with E-state index in [0.717, 1.165) is 12.8 Å². The monoisotopic (exact) mass is 535 g/mol. The minimum absolute atomic E-state index is 0.149. The molecule has 12 heteroatoms. The number of anilines is 2. The Morgan fingerprint density at radius 2 is 2.13 bits per heavy atom. The fourth-order valence-corrected chi connectivity index (χ4v) is 5.07. The molecule has 3 N–H and O–H groups in total. The summed E-state index contributed by atoms with van der Waals surface area (Å²) in [6.07, 6.45) is 5.70. The molecule has 0 saturated carbocycles. The zero-order chi connectivity index (χ0) is 26.8. The van der Waals surface area contributed by atoms with Crippen molar-refractivity contribution in [2.45, 2.75) is 18.9 Å². The zero-order valence-electron chi connectivity index (χ0n) is 20.6. The van der Waals surface area contributed by atoms with Crippen LogP contribution in [0.25, 0.3) is 22.3 Å². The Labute approximate surface area is 221 Å². The molecule has 1 aliphatic rings. The molecule has 10 nitrogen and oxygen atoms in total. The number of rotatable bonds is 7. The standard InChI is InChI=1S/C26H26FN7O3S/c1-3-22(35)33-12-6-7-16(14-33)34-26-23(25(28)29-15-30-26)24(31-34)18-11-10-17(13-19(18)27)37-21-9-5-4-8-20(21)32-38(2)36/h3-5,8-11,13,15-16,32H,1,6-7,12,14H2,2H3,(H2,28,29,30). The first-order valence-electron chi connectivity index (χ1n) is 11.9. The number of nitrogens with zero attached hydrogens (tertiary/aromatic N) is 5. The fourth-order valence-electron chi connectivity index (χ4n) is 4.60. The summed E-state index contributed by atoms with van der Waals surface area (Å²) in [6.45, 7) is 4.64. The number of fused-ring (bicyclic) bond motifs is 1. The van der Waals surface area contributed by atoms with Gasteiger partial charge in [-0.25, -0.2) is 23.8 Å². The Hall–Kier alpha value is -4.16. The van der Waals surface area contributed by atoms with Crippen LogP contribution in [-0.2, 0) is 16.2 Å². The Kier molecular flexibility index (Phi) is 7.16. The van der Waals surface area contributed by atoms with E-state index in [2.05, 4.69) is 21.3 Å². The van der Waals surface area contributed by atoms with E-state index in [4.69, 9.17) is 15.6 Å². The number of halogens is 1. The molecule has 1 amide bonds. The molecule has 5 rings (SSSR count). The molecule has 38 heavy (non-hydrogen) atoms. The Morgan fingerprint density at radius 1 is 1.32 bits per heavy atom. The summed E-state index contributed by atoms with van der Waals surface area (Å²) < 4.78 is 37.6. The topological polar surface area (TPSA) is 134 Å². The first kappa shape index (κ1) is 25.5. The predicted octanol–water partition coefficient (Wildman–Crippen LogP) is 4.06. The molecule has 2 unspecified atom stereocenters. The fraction of sp³-hybridized carbons (Fsp3) is 0.231. The highest BCUT2D eigenvalue weighted by atomic mass is 32.2. The number of amides is 1. The minimum atomic E-state index is -1.30. The molecule has 1 saturated heterocycles. The third kappa shape index (κ3) is 5.00. The number of piperidine rings is 1. The van der Waals surface area contributed by atoms with Crippen LogP contribution >= 0.6 is 0 Å². The van der Waals surface area contributed by atoms with Crippen molar-refractivity contribution in [3.05, 3.63) is 67.3 Å². The van der Waals surface area contributed by atoms with Crippen LogP contribution in [0.3, 0.4) is 0 Å². The lowest BCUT2D eigenvalue weighted by molar-refractivity contribution is -0.127. The Morgan fingerprint density at radius 3 is 2.89 bits per heavy atom. The number of ether oxygens (including phenoxy) is 1. The van der Waals surface area contributed by atoms with Crippen molar-refractivity contribution < 1.29 is 18.5 Å². The van der Waals surface area contributed by atoms with E-state index in [1.165, 1.54) is 24.7 Å². The number of hydrogen-bond acceptors (Lipinski definition) is 8. The molecule has 3 heterocycles. The normalized spacial score (nSPS) is 16.3. The predicted molar refractivity (Wildman–Crippen MR) is 144 cm³/mol. The van der Waals surface area contributed by atoms with E-state index in [1.54, 1.807) is 46.0 Å². The van der Waals surface area contributed by atoms with Crippen LogP contribution in [0.5, 0.6) is 11.5 Å². The molecule has 0 aliphatic carbocycles. The smallest absolute Gasteiger partial charge is 0.246 e. The van der Waals surface area contributed by atoms with Crippen molar-refractivity contribution in [1.29, 1.82) is 0 Å². The summed E-state index contributed by atoms with van der Waals surface area (Å²) in [5, 5.41) is 5.17. The molecule has 1 aliphatic heterocycles. The van der Waals surface area contributed by atoms with Crippen molar-refractivity contribution in [1.82, 2.24) is 24.6 Å². The number of nitrogens with one attached hydrogen (secondary N) is 1. The second-order valence-corrected chi connectivity index (χ2v) is 9.94. The summed E-state index contributed by atoms with van der Waals surface area (Å²) in [7, 11) is 0. The van der Waals surface area contributed by atoms with E-state index in [1.807, 2.05) is 0 Å². The number of benzene rings is 2. The molecule has 4 aromatic rings. The molecule has 0 bridgehead atoms. The maximum absolute atomic E-state index is 15.5. The number of carbonyl (C=O) groups excluding carboxylic acids is 1. The number of likely N-dealkylation sites (tertiary alicyclic amines) is 1. The summed E-state index contributed by atoms with van der Waals surface area (Å²) in [5.41, 5.74) is 7.71. The third-order valence-corrected chi connectivity index (χ3v) is 6.82. The lowest BCUT2D eigenvalue weighted by Crippen LogP contribution is -2.40. The van der Waals surface area contributed by atoms with E-state index >= 15 is 4.39 Å². The van der Waals surface area contributed by atoms with Gasteiger partial charge in [0, 0.05) is 24.7 Å². The van der Waals surface area contributed by atoms with Crippen LogP contribution in [-0.4, -0.2) is 54.5 Å². The van der Waals surface area contributed by atoms with Gasteiger partial charge in [0.25, 0.3) is 0 Å². The lowest BCUT2D eigenvalue weighted by Gasteiger charge is -2.32. The largest absolute Gasteiger partial charge is 0.593 e. The molecule has 2 atom stereocenters. The van der Waals surface area contributed by atoms with Crippen molar-refractivity contribution >= 4 is 39.8 Å². The number of nitrogens with two attached hydrogens (primary N) is 1. The molecule has 0 spiro atoms. The Bertz CT molecular complexity index is 1510. The van der Waals surface area contributed by atoms with Gasteiger partial charge in [0.1, 0.15) is 41.3 Å². The highest BCUT2D eigenvalue weighted by molar-refractivity contribution is 7.92. The van der Waals surface area contributed by atoms with Gasteiger partial charge >= 0.3 is 0 Å². The molecular formula is C26H26FN7O3S. The van der Waals surface area contributed by atoms with Crippen LogP contribution in [0.4, 0.5) is 15.9 Å². The zero-order valence-corrected chi connectivity index (χ0v) is 21.4. The maximum Gasteiger partial charge on any atom is 0.246 e. The minimum Gasteiger partial charge on any atom is -0.593 e. The van der Waals surface area contributed by atoms with Gasteiger partial charge in [-0.2, -0.15) is 5.10 Å². The van der Waals surface area contributed by atoms with Gasteiger partial charge < -0.3 is 19.9 Å². The maximum atomic E-state index is 15.5. The summed E-state index contributed by atoms with van der Waals surface area (Å²) >= 11 is -1.30. The molecule has 1 fully saturated rings. The van der Waals surface area contributed by atoms with E-state index in [-0.39, 0.29) is 29.1 Å². The van der Waals surface area contributed by atoms with Gasteiger partial charge in [-0.1, -0.05) is 18.7 Å². The second-order valence-electron chi connectivity index (χ2n) is 8.83. The van der Waals surface area contributed by atoms with Gasteiger partial charge in [0.2, 0.25) is 5.91 Å². The number of hydrogen-bond donors (Lipinski definition) is 2. The van der Waals surface area contributed by atoms with Crippen molar-refractivity contribution in [3.8, 4) is 22.8 Å². The summed E-state index contributed by atoms with van der Waals surface area (Å²) in [5.74, 6) is 0.107. The van der Waals surface area contributed by atoms with Gasteiger partial charge in [0.15, 0.2) is 11.4 Å². The van der Waals surface area contributed by atoms with Crippen LogP contribution < -0.4 is 15.2 Å². The first-order valence-corrected chi connectivity index (χ1v) is 13.5. The van der Waals surface area contributed by atoms with Crippen molar-refractivity contribution in [3.63, 3.8) is 0 Å². The van der Waals surface area contributed by atoms with E-state index in [0.29, 0.717) is 41.3 Å². The summed E-state index contributed by atoms with van der Waals surface area (Å²) in [4.78, 5) is 22.4. The second kappa shape index (κ2) is 10.7. The van der Waals surface area contributed by atoms with Crippen molar-refractivity contribution in [2.24, 2.45) is 0 Å². The van der Waals surface area contributed by atoms with E-state index in [9.17, 15) is 9.35 Å². The third-order valence-electron chi connectivity index (χ3n) is 6.31. The lowest BCUT2D eigenvalue weighted by atomic mass is 10.1. The van der Waals surface area contributed by atoms with Gasteiger partial charge in [-0.3, -0.25) is 4.79 Å². The average Bonchev–Trinajstić information content (AvgIpc) is 3.30. The molecule has 196 valence electrons. The summed E-state index contributed by atoms with van der Waals surface area (Å²) in [6, 6.07) is 11.2.